The number of sulfone groups is 1. The van der Waals surface area contributed by atoms with Crippen molar-refractivity contribution < 1.29 is 37.0 Å². The van der Waals surface area contributed by atoms with Gasteiger partial charge >= 0.3 is 11.9 Å². The summed E-state index contributed by atoms with van der Waals surface area (Å²) in [6, 6.07) is 4.95. The number of rotatable bonds is 6. The Kier molecular flexibility index (Phi) is 7.42. The van der Waals surface area contributed by atoms with Gasteiger partial charge < -0.3 is 28.7 Å². The largest absolute Gasteiger partial charge is 0.466 e. The molecule has 3 rings (SSSR count). The Morgan fingerprint density at radius 2 is 1.69 bits per heavy atom. The number of esters is 2. The molecule has 0 amide bonds. The molecule has 0 aliphatic carbocycles. The van der Waals surface area contributed by atoms with Crippen LogP contribution in [0.2, 0.25) is 0 Å². The highest BCUT2D eigenvalue weighted by molar-refractivity contribution is 7.92. The van der Waals surface area contributed by atoms with Crippen LogP contribution in [0.5, 0.6) is 0 Å². The number of carbonyl (C=O) groups is 2. The first-order valence-corrected chi connectivity index (χ1v) is 11.7. The van der Waals surface area contributed by atoms with Crippen molar-refractivity contribution in [3.05, 3.63) is 29.5 Å². The van der Waals surface area contributed by atoms with Crippen molar-refractivity contribution in [2.24, 2.45) is 0 Å². The molecule has 0 N–H and O–H groups in total. The maximum absolute atomic E-state index is 13.2. The quantitative estimate of drug-likeness (QED) is 0.563. The van der Waals surface area contributed by atoms with Crippen molar-refractivity contribution >= 4 is 33.2 Å². The van der Waals surface area contributed by atoms with Gasteiger partial charge in [-0.25, -0.2) is 18.0 Å². The van der Waals surface area contributed by atoms with Gasteiger partial charge in [-0.1, -0.05) is 0 Å². The molecule has 1 fully saturated rings. The molecule has 1 aromatic rings. The van der Waals surface area contributed by atoms with Gasteiger partial charge in [-0.15, -0.1) is 0 Å². The van der Waals surface area contributed by atoms with Crippen LogP contribution in [0.15, 0.2) is 34.4 Å². The monoisotopic (exact) mass is 468 g/mol. The Labute approximate surface area is 187 Å². The third-order valence-corrected chi connectivity index (χ3v) is 7.57. The maximum Gasteiger partial charge on any atom is 0.355 e. The molecule has 176 valence electrons. The van der Waals surface area contributed by atoms with E-state index in [1.54, 1.807) is 26.0 Å². The highest BCUT2D eigenvalue weighted by Gasteiger charge is 2.36. The molecule has 32 heavy (non-hydrogen) atoms. The molecule has 0 unspecified atom stereocenters. The lowest BCUT2D eigenvalue weighted by atomic mass is 10.1. The van der Waals surface area contributed by atoms with E-state index >= 15 is 0 Å². The first-order chi connectivity index (χ1) is 15.2. The van der Waals surface area contributed by atoms with Crippen LogP contribution in [0.3, 0.4) is 0 Å². The molecule has 10 nitrogen and oxygen atoms in total. The summed E-state index contributed by atoms with van der Waals surface area (Å²) in [5.41, 5.74) is 0.838. The molecule has 0 spiro atoms. The molecule has 2 aliphatic heterocycles. The predicted molar refractivity (Wildman–Crippen MR) is 116 cm³/mol. The Hall–Kier alpha value is -2.63. The van der Waals surface area contributed by atoms with Crippen LogP contribution in [-0.2, 0) is 38.4 Å². The third kappa shape index (κ3) is 4.59. The SMILES string of the molecule is COC(=O)C1=C(C(=O)OC)N(c2cc(N3CCOCC3)ccc2S(=O)(=O)C(C)C)COC1. The molecule has 0 saturated carbocycles. The van der Waals surface area contributed by atoms with Crippen molar-refractivity contribution in [2.75, 3.05) is 63.7 Å². The number of morpholine rings is 1. The van der Waals surface area contributed by atoms with Gasteiger partial charge in [0.2, 0.25) is 0 Å². The van der Waals surface area contributed by atoms with Crippen molar-refractivity contribution in [2.45, 2.75) is 24.0 Å². The summed E-state index contributed by atoms with van der Waals surface area (Å²) in [4.78, 5) is 28.5. The maximum atomic E-state index is 13.2. The average Bonchev–Trinajstić information content (AvgIpc) is 2.82. The number of anilines is 2. The van der Waals surface area contributed by atoms with E-state index in [2.05, 4.69) is 4.90 Å². The van der Waals surface area contributed by atoms with E-state index in [4.69, 9.17) is 18.9 Å². The fourth-order valence-electron chi connectivity index (χ4n) is 3.56. The number of hydrogen-bond acceptors (Lipinski definition) is 10. The first kappa shape index (κ1) is 24.0. The minimum Gasteiger partial charge on any atom is -0.466 e. The van der Waals surface area contributed by atoms with Gasteiger partial charge in [0.25, 0.3) is 0 Å². The normalized spacial score (nSPS) is 17.5. The summed E-state index contributed by atoms with van der Waals surface area (Å²) in [7, 11) is -1.36. The van der Waals surface area contributed by atoms with Gasteiger partial charge in [0.1, 0.15) is 12.4 Å². The van der Waals surface area contributed by atoms with Gasteiger partial charge in [0.05, 0.1) is 55.4 Å². The lowest BCUT2D eigenvalue weighted by Gasteiger charge is -2.34. The second-order valence-electron chi connectivity index (χ2n) is 7.56. The molecule has 0 bridgehead atoms. The summed E-state index contributed by atoms with van der Waals surface area (Å²) >= 11 is 0. The fraction of sp³-hybridized carbons (Fsp3) is 0.524. The molecular formula is C21H28N2O8S. The summed E-state index contributed by atoms with van der Waals surface area (Å²) in [6.45, 7) is 5.24. The van der Waals surface area contributed by atoms with E-state index in [-0.39, 0.29) is 35.2 Å². The molecule has 0 aromatic heterocycles. The Balaban J connectivity index is 2.23. The van der Waals surface area contributed by atoms with Gasteiger partial charge in [0.15, 0.2) is 9.84 Å². The van der Waals surface area contributed by atoms with Crippen LogP contribution in [0, 0.1) is 0 Å². The van der Waals surface area contributed by atoms with Gasteiger partial charge in [-0.3, -0.25) is 0 Å². The summed E-state index contributed by atoms with van der Waals surface area (Å²) in [6.07, 6.45) is 0. The van der Waals surface area contributed by atoms with E-state index in [1.807, 2.05) is 0 Å². The minimum absolute atomic E-state index is 0.0284. The summed E-state index contributed by atoms with van der Waals surface area (Å²) in [5, 5.41) is -0.702. The molecule has 2 heterocycles. The highest BCUT2D eigenvalue weighted by Crippen LogP contribution is 2.36. The molecule has 2 aliphatic rings. The second-order valence-corrected chi connectivity index (χ2v) is 10.0. The third-order valence-electron chi connectivity index (χ3n) is 5.37. The van der Waals surface area contributed by atoms with Crippen molar-refractivity contribution in [3.8, 4) is 0 Å². The van der Waals surface area contributed by atoms with Crippen LogP contribution in [0.4, 0.5) is 11.4 Å². The van der Waals surface area contributed by atoms with Crippen molar-refractivity contribution in [3.63, 3.8) is 0 Å². The van der Waals surface area contributed by atoms with Gasteiger partial charge in [0, 0.05) is 18.8 Å². The van der Waals surface area contributed by atoms with E-state index in [0.29, 0.717) is 26.3 Å². The standard InChI is InChI=1S/C21H28N2O8S/c1-14(2)32(26,27)18-6-5-15(22-7-9-30-10-8-22)11-17(18)23-13-31-12-16(20(24)28-3)19(23)21(25)29-4/h5-6,11,14H,7-10,12-13H2,1-4H3. The van der Waals surface area contributed by atoms with E-state index < -0.39 is 27.0 Å². The van der Waals surface area contributed by atoms with Crippen LogP contribution >= 0.6 is 0 Å². The number of methoxy groups -OCH3 is 2. The van der Waals surface area contributed by atoms with Crippen LogP contribution < -0.4 is 9.80 Å². The zero-order valence-corrected chi connectivity index (χ0v) is 19.4. The fourth-order valence-corrected chi connectivity index (χ4v) is 4.79. The van der Waals surface area contributed by atoms with Crippen LogP contribution in [0.1, 0.15) is 13.8 Å². The molecule has 1 aromatic carbocycles. The van der Waals surface area contributed by atoms with E-state index in [9.17, 15) is 18.0 Å². The lowest BCUT2D eigenvalue weighted by Crippen LogP contribution is -2.40. The number of carbonyl (C=O) groups excluding carboxylic acids is 2. The zero-order valence-electron chi connectivity index (χ0n) is 18.6. The Morgan fingerprint density at radius 3 is 2.28 bits per heavy atom. The average molecular weight is 469 g/mol. The highest BCUT2D eigenvalue weighted by atomic mass is 32.2. The molecule has 11 heteroatoms. The number of benzene rings is 1. The smallest absolute Gasteiger partial charge is 0.355 e. The Bertz CT molecular complexity index is 1010. The zero-order chi connectivity index (χ0) is 23.5. The van der Waals surface area contributed by atoms with E-state index in [1.165, 1.54) is 25.2 Å². The molecule has 0 radical (unpaired) electrons. The second kappa shape index (κ2) is 9.88. The topological polar surface area (TPSA) is 112 Å². The number of ether oxygens (including phenoxy) is 4. The van der Waals surface area contributed by atoms with Crippen LogP contribution in [-0.4, -0.2) is 79.5 Å². The first-order valence-electron chi connectivity index (χ1n) is 10.2. The van der Waals surface area contributed by atoms with Gasteiger partial charge in [-0.05, 0) is 32.0 Å². The molecule has 1 saturated heterocycles. The lowest BCUT2D eigenvalue weighted by molar-refractivity contribution is -0.140. The minimum atomic E-state index is -3.73. The molecular weight excluding hydrogens is 440 g/mol. The molecule has 0 atom stereocenters. The number of nitrogens with zero attached hydrogens (tertiary/aromatic N) is 2. The van der Waals surface area contributed by atoms with E-state index in [0.717, 1.165) is 5.69 Å². The van der Waals surface area contributed by atoms with Crippen molar-refractivity contribution in [1.82, 2.24) is 0 Å². The van der Waals surface area contributed by atoms with Crippen LogP contribution in [0.25, 0.3) is 0 Å². The predicted octanol–water partition coefficient (Wildman–Crippen LogP) is 1.10. The summed E-state index contributed by atoms with van der Waals surface area (Å²) in [5.74, 6) is -1.55. The Morgan fingerprint density at radius 1 is 1.03 bits per heavy atom. The van der Waals surface area contributed by atoms with Crippen molar-refractivity contribution in [1.29, 1.82) is 0 Å². The van der Waals surface area contributed by atoms with Gasteiger partial charge in [-0.2, -0.15) is 0 Å². The summed E-state index contributed by atoms with van der Waals surface area (Å²) < 4.78 is 47.0. The number of hydrogen-bond donors (Lipinski definition) is 0.